The maximum absolute atomic E-state index is 11.6. The van der Waals surface area contributed by atoms with E-state index in [4.69, 9.17) is 10.8 Å². The summed E-state index contributed by atoms with van der Waals surface area (Å²) in [6, 6.07) is 6.27. The van der Waals surface area contributed by atoms with Crippen molar-refractivity contribution in [3.8, 4) is 0 Å². The summed E-state index contributed by atoms with van der Waals surface area (Å²) in [5.41, 5.74) is 6.09. The molecule has 6 heteroatoms. The van der Waals surface area contributed by atoms with E-state index in [0.29, 0.717) is 0 Å². The Balaban J connectivity index is 2.74. The molecule has 0 spiro atoms. The number of aliphatic hydroxyl groups is 1. The molecule has 0 heterocycles. The third-order valence-corrected chi connectivity index (χ3v) is 3.29. The molecule has 16 heavy (non-hydrogen) atoms. The van der Waals surface area contributed by atoms with E-state index in [-0.39, 0.29) is 18.0 Å². The van der Waals surface area contributed by atoms with Crippen LogP contribution in [0, 0.1) is 6.92 Å². The molecule has 0 aromatic heterocycles. The Hall–Kier alpha value is -0.950. The number of aliphatic hydroxyl groups excluding tert-OH is 1. The quantitative estimate of drug-likeness (QED) is 0.714. The Kier molecular flexibility index (Phi) is 4.43. The van der Waals surface area contributed by atoms with Gasteiger partial charge in [0.25, 0.3) is 10.1 Å². The molecule has 90 valence electrons. The molecule has 3 N–H and O–H groups in total. The lowest BCUT2D eigenvalue weighted by atomic mass is 10.2. The molecule has 0 aliphatic rings. The maximum atomic E-state index is 11.6. The van der Waals surface area contributed by atoms with Crippen molar-refractivity contribution >= 4 is 10.1 Å². The molecule has 1 aromatic carbocycles. The Morgan fingerprint density at radius 2 is 1.94 bits per heavy atom. The number of benzene rings is 1. The Bertz CT molecular complexity index is 427. The topological polar surface area (TPSA) is 89.6 Å². The smallest absolute Gasteiger partial charge is 0.297 e. The van der Waals surface area contributed by atoms with Gasteiger partial charge in [0.2, 0.25) is 0 Å². The molecular formula is C10H15NO4S. The SMILES string of the molecule is Cc1ccc(S(=O)(=O)OCC(O)CN)cc1. The highest BCUT2D eigenvalue weighted by Crippen LogP contribution is 2.13. The van der Waals surface area contributed by atoms with E-state index in [0.717, 1.165) is 5.56 Å². The first-order valence-electron chi connectivity index (χ1n) is 4.80. The van der Waals surface area contributed by atoms with E-state index in [1.807, 2.05) is 6.92 Å². The summed E-state index contributed by atoms with van der Waals surface area (Å²) in [6.07, 6.45) is -0.972. The predicted octanol–water partition coefficient (Wildman–Crippen LogP) is 0.0199. The zero-order valence-corrected chi connectivity index (χ0v) is 9.78. The van der Waals surface area contributed by atoms with Crippen molar-refractivity contribution in [2.45, 2.75) is 17.9 Å². The Labute approximate surface area is 95.0 Å². The van der Waals surface area contributed by atoms with Gasteiger partial charge in [-0.1, -0.05) is 17.7 Å². The lowest BCUT2D eigenvalue weighted by Gasteiger charge is -2.09. The normalized spacial score (nSPS) is 13.7. The monoisotopic (exact) mass is 245 g/mol. The average Bonchev–Trinajstić information content (AvgIpc) is 2.26. The van der Waals surface area contributed by atoms with Gasteiger partial charge in [0, 0.05) is 6.54 Å². The Morgan fingerprint density at radius 3 is 2.44 bits per heavy atom. The molecule has 0 saturated carbocycles. The fourth-order valence-corrected chi connectivity index (χ4v) is 1.95. The molecule has 1 atom stereocenters. The molecule has 0 aliphatic heterocycles. The van der Waals surface area contributed by atoms with Crippen molar-refractivity contribution in [3.05, 3.63) is 29.8 Å². The fraction of sp³-hybridized carbons (Fsp3) is 0.400. The summed E-state index contributed by atoms with van der Waals surface area (Å²) in [5, 5.41) is 9.10. The zero-order chi connectivity index (χ0) is 12.2. The maximum Gasteiger partial charge on any atom is 0.297 e. The second kappa shape index (κ2) is 5.40. The number of rotatable bonds is 5. The second-order valence-corrected chi connectivity index (χ2v) is 5.06. The molecular weight excluding hydrogens is 230 g/mol. The van der Waals surface area contributed by atoms with Gasteiger partial charge in [0.15, 0.2) is 0 Å². The minimum absolute atomic E-state index is 0.0383. The number of nitrogens with two attached hydrogens (primary N) is 1. The van der Waals surface area contributed by atoms with Crippen molar-refractivity contribution < 1.29 is 17.7 Å². The summed E-state index contributed by atoms with van der Waals surface area (Å²) in [7, 11) is -3.80. The number of hydrogen-bond acceptors (Lipinski definition) is 5. The van der Waals surface area contributed by atoms with Gasteiger partial charge in [0.1, 0.15) is 0 Å². The van der Waals surface area contributed by atoms with Crippen LogP contribution in [-0.4, -0.2) is 32.8 Å². The van der Waals surface area contributed by atoms with Crippen LogP contribution >= 0.6 is 0 Å². The highest BCUT2D eigenvalue weighted by molar-refractivity contribution is 7.86. The molecule has 1 aromatic rings. The molecule has 5 nitrogen and oxygen atoms in total. The number of hydrogen-bond donors (Lipinski definition) is 2. The van der Waals surface area contributed by atoms with Crippen LogP contribution in [0.15, 0.2) is 29.2 Å². The summed E-state index contributed by atoms with van der Waals surface area (Å²) in [6.45, 7) is 1.49. The van der Waals surface area contributed by atoms with Gasteiger partial charge in [-0.3, -0.25) is 4.18 Å². The van der Waals surface area contributed by atoms with Crippen molar-refractivity contribution in [2.75, 3.05) is 13.2 Å². The fourth-order valence-electron chi connectivity index (χ4n) is 1.01. The standard InChI is InChI=1S/C10H15NO4S/c1-8-2-4-10(5-3-8)16(13,14)15-7-9(12)6-11/h2-5,9,12H,6-7,11H2,1H3. The largest absolute Gasteiger partial charge is 0.389 e. The van der Waals surface area contributed by atoms with Crippen LogP contribution < -0.4 is 5.73 Å². The van der Waals surface area contributed by atoms with Gasteiger partial charge in [-0.25, -0.2) is 0 Å². The van der Waals surface area contributed by atoms with E-state index in [1.165, 1.54) is 12.1 Å². The van der Waals surface area contributed by atoms with Crippen molar-refractivity contribution in [1.29, 1.82) is 0 Å². The average molecular weight is 245 g/mol. The van der Waals surface area contributed by atoms with Crippen LogP contribution in [0.5, 0.6) is 0 Å². The predicted molar refractivity (Wildman–Crippen MR) is 59.4 cm³/mol. The molecule has 1 rings (SSSR count). The van der Waals surface area contributed by atoms with Gasteiger partial charge < -0.3 is 10.8 Å². The van der Waals surface area contributed by atoms with E-state index >= 15 is 0 Å². The first-order chi connectivity index (χ1) is 7.45. The third kappa shape index (κ3) is 3.57. The zero-order valence-electron chi connectivity index (χ0n) is 8.96. The van der Waals surface area contributed by atoms with Crippen molar-refractivity contribution in [2.24, 2.45) is 5.73 Å². The third-order valence-electron chi connectivity index (χ3n) is 2.00. The minimum Gasteiger partial charge on any atom is -0.389 e. The Morgan fingerprint density at radius 1 is 1.38 bits per heavy atom. The first-order valence-corrected chi connectivity index (χ1v) is 6.21. The molecule has 0 saturated heterocycles. The summed E-state index contributed by atoms with van der Waals surface area (Å²) in [4.78, 5) is 0.0716. The van der Waals surface area contributed by atoms with Gasteiger partial charge in [-0.05, 0) is 19.1 Å². The van der Waals surface area contributed by atoms with Crippen LogP contribution in [-0.2, 0) is 14.3 Å². The van der Waals surface area contributed by atoms with Gasteiger partial charge in [-0.15, -0.1) is 0 Å². The summed E-state index contributed by atoms with van der Waals surface area (Å²) in [5.74, 6) is 0. The van der Waals surface area contributed by atoms with Crippen molar-refractivity contribution in [3.63, 3.8) is 0 Å². The highest BCUT2D eigenvalue weighted by atomic mass is 32.2. The molecule has 0 fully saturated rings. The van der Waals surface area contributed by atoms with Crippen LogP contribution in [0.25, 0.3) is 0 Å². The van der Waals surface area contributed by atoms with Gasteiger partial charge in [-0.2, -0.15) is 8.42 Å². The molecule has 0 aliphatic carbocycles. The lowest BCUT2D eigenvalue weighted by Crippen LogP contribution is -2.26. The van der Waals surface area contributed by atoms with E-state index in [9.17, 15) is 8.42 Å². The van der Waals surface area contributed by atoms with E-state index < -0.39 is 16.2 Å². The second-order valence-electron chi connectivity index (χ2n) is 3.44. The first kappa shape index (κ1) is 13.1. The van der Waals surface area contributed by atoms with Gasteiger partial charge >= 0.3 is 0 Å². The summed E-state index contributed by atoms with van der Waals surface area (Å²) < 4.78 is 27.8. The summed E-state index contributed by atoms with van der Waals surface area (Å²) >= 11 is 0. The van der Waals surface area contributed by atoms with Crippen LogP contribution in [0.2, 0.25) is 0 Å². The van der Waals surface area contributed by atoms with Crippen molar-refractivity contribution in [1.82, 2.24) is 0 Å². The lowest BCUT2D eigenvalue weighted by molar-refractivity contribution is 0.117. The van der Waals surface area contributed by atoms with Crippen LogP contribution in [0.4, 0.5) is 0 Å². The van der Waals surface area contributed by atoms with E-state index in [2.05, 4.69) is 4.18 Å². The molecule has 1 unspecified atom stereocenters. The van der Waals surface area contributed by atoms with Crippen LogP contribution in [0.3, 0.4) is 0 Å². The molecule has 0 radical (unpaired) electrons. The molecule has 0 bridgehead atoms. The highest BCUT2D eigenvalue weighted by Gasteiger charge is 2.16. The number of aryl methyl sites for hydroxylation is 1. The minimum atomic E-state index is -3.80. The molecule has 0 amide bonds. The van der Waals surface area contributed by atoms with E-state index in [1.54, 1.807) is 12.1 Å². The van der Waals surface area contributed by atoms with Gasteiger partial charge in [0.05, 0.1) is 17.6 Å². The van der Waals surface area contributed by atoms with Crippen LogP contribution in [0.1, 0.15) is 5.56 Å².